The highest BCUT2D eigenvalue weighted by Crippen LogP contribution is 2.29. The van der Waals surface area contributed by atoms with Gasteiger partial charge in [0.15, 0.2) is 6.10 Å². The van der Waals surface area contributed by atoms with Crippen molar-refractivity contribution in [2.24, 2.45) is 11.8 Å². The fraction of sp³-hybridized carbons (Fsp3) is 0.944. The van der Waals surface area contributed by atoms with E-state index in [0.717, 1.165) is 38.5 Å². The van der Waals surface area contributed by atoms with Crippen LogP contribution < -0.4 is 0 Å². The normalized spacial score (nSPS) is 33.0. The minimum Gasteiger partial charge on any atom is -0.463 e. The van der Waals surface area contributed by atoms with Crippen molar-refractivity contribution in [3.63, 3.8) is 0 Å². The first-order chi connectivity index (χ1) is 11.0. The first-order valence-corrected chi connectivity index (χ1v) is 9.11. The van der Waals surface area contributed by atoms with Crippen LogP contribution in [0.1, 0.15) is 59.3 Å². The number of carbonyl (C=O) groups excluding carboxylic acids is 1. The molecule has 0 aromatic heterocycles. The van der Waals surface area contributed by atoms with Crippen LogP contribution in [-0.2, 0) is 19.0 Å². The third kappa shape index (κ3) is 6.40. The fourth-order valence-electron chi connectivity index (χ4n) is 3.24. The average molecular weight is 328 g/mol. The number of ether oxygens (including phenoxy) is 3. The van der Waals surface area contributed by atoms with Crippen LogP contribution in [0.5, 0.6) is 0 Å². The molecule has 6 unspecified atom stereocenters. The standard InChI is InChI=1S/C18H32O5/c1-4-14(9-17-12(2)23-17)10-21-13(3)18(20)22-11-15-6-5-7-16(19)8-15/h12-17,19H,4-11H2,1-3H3. The number of rotatable bonds is 9. The Balaban J connectivity index is 1.61. The molecule has 5 nitrogen and oxygen atoms in total. The molecule has 1 N–H and O–H groups in total. The lowest BCUT2D eigenvalue weighted by molar-refractivity contribution is -0.159. The summed E-state index contributed by atoms with van der Waals surface area (Å²) in [6, 6.07) is 0. The van der Waals surface area contributed by atoms with Crippen LogP contribution in [0, 0.1) is 11.8 Å². The molecule has 2 aliphatic rings. The predicted octanol–water partition coefficient (Wildman–Crippen LogP) is 2.69. The Kier molecular flexibility index (Phi) is 7.31. The summed E-state index contributed by atoms with van der Waals surface area (Å²) in [6.07, 6.45) is 5.63. The van der Waals surface area contributed by atoms with Crippen molar-refractivity contribution >= 4 is 5.97 Å². The molecule has 0 amide bonds. The van der Waals surface area contributed by atoms with Gasteiger partial charge in [-0.15, -0.1) is 0 Å². The topological polar surface area (TPSA) is 68.3 Å². The first kappa shape index (κ1) is 18.7. The Morgan fingerprint density at radius 1 is 1.39 bits per heavy atom. The Morgan fingerprint density at radius 2 is 2.13 bits per heavy atom. The molecule has 0 bridgehead atoms. The summed E-state index contributed by atoms with van der Waals surface area (Å²) < 4.78 is 16.5. The van der Waals surface area contributed by atoms with Crippen molar-refractivity contribution in [3.05, 3.63) is 0 Å². The Labute approximate surface area is 139 Å². The summed E-state index contributed by atoms with van der Waals surface area (Å²) in [5.41, 5.74) is 0. The smallest absolute Gasteiger partial charge is 0.334 e. The van der Waals surface area contributed by atoms with Gasteiger partial charge in [-0.3, -0.25) is 0 Å². The van der Waals surface area contributed by atoms with E-state index in [1.165, 1.54) is 0 Å². The van der Waals surface area contributed by atoms with Gasteiger partial charge in [-0.25, -0.2) is 4.79 Å². The van der Waals surface area contributed by atoms with E-state index in [9.17, 15) is 9.90 Å². The van der Waals surface area contributed by atoms with Gasteiger partial charge in [-0.05, 0) is 51.4 Å². The van der Waals surface area contributed by atoms with E-state index in [1.807, 2.05) is 0 Å². The van der Waals surface area contributed by atoms with Crippen LogP contribution in [-0.4, -0.2) is 48.7 Å². The summed E-state index contributed by atoms with van der Waals surface area (Å²) in [7, 11) is 0. The van der Waals surface area contributed by atoms with Crippen molar-refractivity contribution in [3.8, 4) is 0 Å². The maximum atomic E-state index is 12.0. The number of epoxide rings is 1. The fourth-order valence-corrected chi connectivity index (χ4v) is 3.24. The molecule has 1 saturated carbocycles. The molecule has 0 spiro atoms. The number of hydrogen-bond acceptors (Lipinski definition) is 5. The van der Waals surface area contributed by atoms with Crippen molar-refractivity contribution in [2.75, 3.05) is 13.2 Å². The minimum absolute atomic E-state index is 0.238. The third-order valence-electron chi connectivity index (χ3n) is 5.11. The lowest BCUT2D eigenvalue weighted by Crippen LogP contribution is -2.29. The summed E-state index contributed by atoms with van der Waals surface area (Å²) in [4.78, 5) is 12.0. The van der Waals surface area contributed by atoms with Gasteiger partial charge in [0.2, 0.25) is 0 Å². The van der Waals surface area contributed by atoms with E-state index in [-0.39, 0.29) is 18.0 Å². The lowest BCUT2D eigenvalue weighted by Gasteiger charge is -2.26. The summed E-state index contributed by atoms with van der Waals surface area (Å²) >= 11 is 0. The molecule has 1 aliphatic carbocycles. The zero-order chi connectivity index (χ0) is 16.8. The highest BCUT2D eigenvalue weighted by atomic mass is 16.6. The van der Waals surface area contributed by atoms with E-state index in [2.05, 4.69) is 13.8 Å². The van der Waals surface area contributed by atoms with Crippen LogP contribution >= 0.6 is 0 Å². The zero-order valence-corrected chi connectivity index (χ0v) is 14.7. The van der Waals surface area contributed by atoms with Crippen LogP contribution in [0.3, 0.4) is 0 Å². The van der Waals surface area contributed by atoms with Crippen LogP contribution in [0.25, 0.3) is 0 Å². The highest BCUT2D eigenvalue weighted by Gasteiger charge is 2.35. The Bertz CT molecular complexity index is 372. The van der Waals surface area contributed by atoms with E-state index in [4.69, 9.17) is 14.2 Å². The zero-order valence-electron chi connectivity index (χ0n) is 14.7. The number of carbonyl (C=O) groups is 1. The average Bonchev–Trinajstić information content (AvgIpc) is 3.23. The predicted molar refractivity (Wildman–Crippen MR) is 87.1 cm³/mol. The second kappa shape index (κ2) is 9.00. The second-order valence-corrected chi connectivity index (χ2v) is 7.18. The van der Waals surface area contributed by atoms with Gasteiger partial charge >= 0.3 is 5.97 Å². The number of esters is 1. The molecule has 0 aromatic carbocycles. The SMILES string of the molecule is CCC(COC(C)C(=O)OCC1CCCC(O)C1)CC1OC1C. The van der Waals surface area contributed by atoms with Gasteiger partial charge in [-0.1, -0.05) is 19.8 Å². The summed E-state index contributed by atoms with van der Waals surface area (Å²) in [5.74, 6) is 0.413. The largest absolute Gasteiger partial charge is 0.463 e. The highest BCUT2D eigenvalue weighted by molar-refractivity contribution is 5.74. The summed E-state index contributed by atoms with van der Waals surface area (Å²) in [5, 5.41) is 9.65. The molecule has 0 aromatic rings. The van der Waals surface area contributed by atoms with E-state index in [0.29, 0.717) is 31.3 Å². The Hall–Kier alpha value is -0.650. The molecule has 6 atom stereocenters. The first-order valence-electron chi connectivity index (χ1n) is 9.11. The third-order valence-corrected chi connectivity index (χ3v) is 5.11. The monoisotopic (exact) mass is 328 g/mol. The molecule has 2 rings (SSSR count). The molecule has 2 fully saturated rings. The van der Waals surface area contributed by atoms with Crippen molar-refractivity contribution < 1.29 is 24.1 Å². The second-order valence-electron chi connectivity index (χ2n) is 7.18. The van der Waals surface area contributed by atoms with E-state index in [1.54, 1.807) is 6.92 Å². The van der Waals surface area contributed by atoms with Gasteiger partial charge in [0.25, 0.3) is 0 Å². The van der Waals surface area contributed by atoms with Crippen molar-refractivity contribution in [2.45, 2.75) is 83.7 Å². The van der Waals surface area contributed by atoms with Crippen LogP contribution in [0.2, 0.25) is 0 Å². The summed E-state index contributed by atoms with van der Waals surface area (Å²) in [6.45, 7) is 6.94. The van der Waals surface area contributed by atoms with Gasteiger partial charge < -0.3 is 19.3 Å². The molecule has 1 heterocycles. The maximum Gasteiger partial charge on any atom is 0.334 e. The van der Waals surface area contributed by atoms with Gasteiger partial charge in [0.1, 0.15) is 0 Å². The number of aliphatic hydroxyl groups excluding tert-OH is 1. The van der Waals surface area contributed by atoms with Crippen molar-refractivity contribution in [1.82, 2.24) is 0 Å². The van der Waals surface area contributed by atoms with Gasteiger partial charge in [0, 0.05) is 0 Å². The number of hydrogen-bond donors (Lipinski definition) is 1. The molecule has 134 valence electrons. The molecular formula is C18H32O5. The molecular weight excluding hydrogens is 296 g/mol. The maximum absolute atomic E-state index is 12.0. The molecule has 23 heavy (non-hydrogen) atoms. The molecule has 1 saturated heterocycles. The molecule has 0 radical (unpaired) electrons. The quantitative estimate of drug-likeness (QED) is 0.520. The lowest BCUT2D eigenvalue weighted by atomic mass is 9.88. The molecule has 1 aliphatic heterocycles. The van der Waals surface area contributed by atoms with Gasteiger partial charge in [0.05, 0.1) is 31.5 Å². The van der Waals surface area contributed by atoms with E-state index >= 15 is 0 Å². The van der Waals surface area contributed by atoms with Crippen LogP contribution in [0.15, 0.2) is 0 Å². The van der Waals surface area contributed by atoms with Crippen molar-refractivity contribution in [1.29, 1.82) is 0 Å². The van der Waals surface area contributed by atoms with Gasteiger partial charge in [-0.2, -0.15) is 0 Å². The van der Waals surface area contributed by atoms with Crippen LogP contribution in [0.4, 0.5) is 0 Å². The van der Waals surface area contributed by atoms with E-state index < -0.39 is 6.10 Å². The Morgan fingerprint density at radius 3 is 2.74 bits per heavy atom. The minimum atomic E-state index is -0.532. The molecule has 5 heteroatoms. The number of aliphatic hydroxyl groups is 1.